The predicted molar refractivity (Wildman–Crippen MR) is 545 cm³/mol. The molecule has 0 spiro atoms. The molecule has 0 fully saturated rings. The highest BCUT2D eigenvalue weighted by molar-refractivity contribution is 7.01. The van der Waals surface area contributed by atoms with E-state index in [-0.39, 0.29) is 83.8 Å². The number of fused-ring (bicyclic) bond motifs is 10. The minimum Gasteiger partial charge on any atom is -0.508 e. The van der Waals surface area contributed by atoms with Gasteiger partial charge in [-0.2, -0.15) is 0 Å². The van der Waals surface area contributed by atoms with Gasteiger partial charge in [0.05, 0.1) is 5.56 Å². The number of rotatable bonds is 16. The second-order valence-corrected chi connectivity index (χ2v) is 40.5. The topological polar surface area (TPSA) is 254 Å². The van der Waals surface area contributed by atoms with E-state index in [1.54, 1.807) is 97.9 Å². The van der Waals surface area contributed by atoms with Crippen molar-refractivity contribution in [1.82, 2.24) is 0 Å². The van der Waals surface area contributed by atoms with Gasteiger partial charge in [0.2, 0.25) is 13.6 Å². The summed E-state index contributed by atoms with van der Waals surface area (Å²) in [5.41, 5.74) is 13.3. The fraction of sp³-hybridized carbons (Fsp3) is 0.108. The SMILES string of the molecule is C=c1cc2c(cc1F)=C(c1ccc(C(C)=O)cc1C)c1cc(F)c(O)cc1O2.C=c1cc2c(cc1F)=C(c1ccc(C(C)=O)cc1C)c1cc(F)c(OCOC(C)=O)cc1O2.C=c1cc2c(cc1F)=C(c1ccc(C=O)cc1C)c1cc(F)c(O)cc1O2.C=c1cc2c(cc1F)=C(c1ccc(C=O)cc1C)c1cc(F)c(OCOC(C)=O)cc1O2.C=c1ccc2c(c1)[Si](C)(C)c1cc(O)ccc1C=2c1c(C)cc(C=O)c(F)c1F. The number of ketones is 2. The first kappa shape index (κ1) is 104. The fourth-order valence-corrected chi connectivity index (χ4v) is 21.4. The zero-order valence-electron chi connectivity index (χ0n) is 81.6. The van der Waals surface area contributed by atoms with E-state index in [0.717, 1.165) is 73.3 Å². The van der Waals surface area contributed by atoms with Crippen LogP contribution >= 0.6 is 0 Å². The van der Waals surface area contributed by atoms with Crippen molar-refractivity contribution in [2.75, 3.05) is 13.6 Å². The number of esters is 2. The number of carbonyl (C=O) groups is 7. The third-order valence-corrected chi connectivity index (χ3v) is 29.2. The van der Waals surface area contributed by atoms with Crippen molar-refractivity contribution in [2.45, 2.75) is 75.4 Å². The van der Waals surface area contributed by atoms with Crippen LogP contribution in [0, 0.1) is 92.8 Å². The number of aldehydes is 3. The third kappa shape index (κ3) is 20.5. The molecular formula is C120H88F10O18Si. The number of aromatic hydroxyl groups is 3. The van der Waals surface area contributed by atoms with Crippen molar-refractivity contribution in [3.63, 3.8) is 0 Å². The van der Waals surface area contributed by atoms with Crippen LogP contribution in [0.15, 0.2) is 212 Å². The molecule has 0 bridgehead atoms. The summed E-state index contributed by atoms with van der Waals surface area (Å²) >= 11 is 0. The fourth-order valence-electron chi connectivity index (χ4n) is 18.3. The number of halogens is 10. The number of carbonyl (C=O) groups excluding carboxylic acids is 7. The van der Waals surface area contributed by atoms with Gasteiger partial charge in [-0.1, -0.05) is 119 Å². The largest absolute Gasteiger partial charge is 0.508 e. The molecule has 20 rings (SSSR count). The van der Waals surface area contributed by atoms with Crippen LogP contribution in [-0.2, 0) is 19.1 Å². The monoisotopic (exact) mass is 2030 g/mol. The zero-order valence-corrected chi connectivity index (χ0v) is 82.6. The van der Waals surface area contributed by atoms with Crippen LogP contribution in [0.4, 0.5) is 43.9 Å². The van der Waals surface area contributed by atoms with Gasteiger partial charge < -0.3 is 53.2 Å². The van der Waals surface area contributed by atoms with E-state index in [1.165, 1.54) is 119 Å². The Hall–Kier alpha value is -18.0. The average Bonchev–Trinajstić information content (AvgIpc) is 0.713. The molecule has 0 aliphatic carbocycles. The van der Waals surface area contributed by atoms with Crippen LogP contribution in [0.1, 0.15) is 163 Å². The van der Waals surface area contributed by atoms with Crippen LogP contribution in [0.2, 0.25) is 13.1 Å². The number of phenolic OH excluding ortho intramolecular Hbond substituents is 3. The molecule has 15 aromatic carbocycles. The minimum atomic E-state index is -2.23. The van der Waals surface area contributed by atoms with E-state index in [2.05, 4.69) is 46.0 Å². The molecule has 750 valence electrons. The molecule has 0 saturated heterocycles. The summed E-state index contributed by atoms with van der Waals surface area (Å²) in [7, 11) is -2.23. The van der Waals surface area contributed by atoms with E-state index in [9.17, 15) is 88.4 Å². The lowest BCUT2D eigenvalue weighted by Crippen LogP contribution is -2.63. The second-order valence-electron chi connectivity index (χ2n) is 36.2. The molecular weight excluding hydrogens is 1950 g/mol. The van der Waals surface area contributed by atoms with Gasteiger partial charge in [-0.3, -0.25) is 33.6 Å². The average molecular weight is 2040 g/mol. The molecule has 0 radical (unpaired) electrons. The summed E-state index contributed by atoms with van der Waals surface area (Å²) in [4.78, 5) is 78.7. The Balaban J connectivity index is 0.000000133. The number of ether oxygens (including phenoxy) is 8. The van der Waals surface area contributed by atoms with Gasteiger partial charge in [0.25, 0.3) is 0 Å². The van der Waals surface area contributed by atoms with Crippen LogP contribution in [0.25, 0.3) is 60.8 Å². The first-order valence-electron chi connectivity index (χ1n) is 45.8. The summed E-state index contributed by atoms with van der Waals surface area (Å²) in [6.07, 6.45) is 1.79. The second kappa shape index (κ2) is 41.6. The minimum absolute atomic E-state index is 0.0730. The molecule has 15 aromatic rings. The highest BCUT2D eigenvalue weighted by Gasteiger charge is 2.38. The summed E-state index contributed by atoms with van der Waals surface area (Å²) in [5.74, 6) is -7.43. The molecule has 0 aromatic heterocycles. The number of hydrogen-bond acceptors (Lipinski definition) is 18. The van der Waals surface area contributed by atoms with Gasteiger partial charge in [-0.25, -0.2) is 43.9 Å². The summed E-state index contributed by atoms with van der Waals surface area (Å²) in [5, 5.41) is 35.7. The van der Waals surface area contributed by atoms with Gasteiger partial charge in [0, 0.05) is 152 Å². The van der Waals surface area contributed by atoms with Gasteiger partial charge in [-0.15, -0.1) is 0 Å². The van der Waals surface area contributed by atoms with Gasteiger partial charge in [0.15, 0.2) is 75.8 Å². The Labute approximate surface area is 845 Å². The molecule has 5 heterocycles. The lowest BCUT2D eigenvalue weighted by molar-refractivity contribution is -0.148. The van der Waals surface area contributed by atoms with Crippen molar-refractivity contribution in [2.24, 2.45) is 0 Å². The molecule has 0 unspecified atom stereocenters. The quantitative estimate of drug-likeness (QED) is 0.0203. The van der Waals surface area contributed by atoms with Crippen molar-refractivity contribution in [1.29, 1.82) is 0 Å². The van der Waals surface area contributed by atoms with Crippen molar-refractivity contribution < 1.29 is 131 Å². The van der Waals surface area contributed by atoms with Crippen molar-refractivity contribution in [3.05, 3.63) is 434 Å². The van der Waals surface area contributed by atoms with Crippen LogP contribution in [0.5, 0.6) is 74.7 Å². The van der Waals surface area contributed by atoms with E-state index in [1.807, 2.05) is 45.9 Å². The normalized spacial score (nSPS) is 12.4. The third-order valence-electron chi connectivity index (χ3n) is 25.6. The molecule has 0 saturated carbocycles. The summed E-state index contributed by atoms with van der Waals surface area (Å²) in [6, 6.07) is 53.6. The van der Waals surface area contributed by atoms with Crippen molar-refractivity contribution >= 4 is 122 Å². The molecule has 5 aliphatic rings. The summed E-state index contributed by atoms with van der Waals surface area (Å²) in [6.45, 7) is 36.4. The summed E-state index contributed by atoms with van der Waals surface area (Å²) < 4.78 is 189. The van der Waals surface area contributed by atoms with Crippen LogP contribution in [-0.4, -0.2) is 79.3 Å². The van der Waals surface area contributed by atoms with Crippen LogP contribution in [0.3, 0.4) is 0 Å². The Bertz CT molecular complexity index is 9010. The number of Topliss-reactive ketones (excluding diaryl/α,β-unsaturated/α-hetero) is 2. The Morgan fingerprint density at radius 1 is 0.322 bits per heavy atom. The number of aryl methyl sites for hydroxylation is 5. The Morgan fingerprint density at radius 2 is 0.671 bits per heavy atom. The van der Waals surface area contributed by atoms with Gasteiger partial charge >= 0.3 is 11.9 Å². The molecule has 5 aliphatic heterocycles. The first-order chi connectivity index (χ1) is 70.7. The van der Waals surface area contributed by atoms with Gasteiger partial charge in [-0.05, 0) is 246 Å². The Morgan fingerprint density at radius 3 is 1.01 bits per heavy atom. The molecule has 0 atom stereocenters. The van der Waals surface area contributed by atoms with E-state index in [4.69, 9.17) is 37.9 Å². The first-order valence-corrected chi connectivity index (χ1v) is 48.8. The zero-order chi connectivity index (χ0) is 107. The highest BCUT2D eigenvalue weighted by atomic mass is 28.3. The number of benzene rings is 15. The maximum Gasteiger partial charge on any atom is 0.305 e. The number of hydrogen-bond donors (Lipinski definition) is 3. The molecule has 29 heteroatoms. The maximum atomic E-state index is 15.2. The lowest BCUT2D eigenvalue weighted by Gasteiger charge is -2.33. The molecule has 3 N–H and O–H groups in total. The molecule has 0 amide bonds. The van der Waals surface area contributed by atoms with E-state index < -0.39 is 103 Å². The Kier molecular flexibility index (Phi) is 29.0. The lowest BCUT2D eigenvalue weighted by atomic mass is 9.89. The van der Waals surface area contributed by atoms with Gasteiger partial charge in [0.1, 0.15) is 95.7 Å². The smallest absolute Gasteiger partial charge is 0.305 e. The molecule has 18 nitrogen and oxygen atoms in total. The number of phenols is 3. The predicted octanol–water partition coefficient (Wildman–Crippen LogP) is 18.0. The maximum absolute atomic E-state index is 15.2. The molecule has 149 heavy (non-hydrogen) atoms. The highest BCUT2D eigenvalue weighted by Crippen LogP contribution is 2.47. The van der Waals surface area contributed by atoms with Crippen molar-refractivity contribution in [3.8, 4) is 74.7 Å². The standard InChI is InChI=1S/C26H20F2O5.C25H18F2O5.C24H20F2O2Si.C23H16F2O3.C22H14F2O3/c1-13-7-17(15(3)29)5-6-18(13)26-19-9-21(27)14(2)8-23(19)33-24-11-25(22(28)10-20(24)26)32-12-31-16(4)30;1-13-6-16(11-28)4-5-17(13)25-18-8-20(26)14(2)7-22(18)32-23-10-24(21(27)9-19(23)25)31-12-30-15(3)29;1-13-5-7-17-19(9-13)29(3,4)20-11-16(28)6-8-18(20)22(17)21-14(2)10-15(12-27)23(25)24(21)26;1-11-6-14(13(3)26)4-5-15(11)23-16-8-18(24)12(2)7-21(16)28-22-10-20(27)19(25)9-17(22)23;1-11-5-13(10-25)3-4-14(11)22-15-7-17(23)12(2)6-20(15)27-21-9-19(26)18(24)8-16(21)22/h5-11H,2,12H2,1,3-4H3;4-11H,2,12H2,1,3H3;5-12,28H,1H2,2-4H3;4-10,27H,2H2,1,3H3;3-10,26H,2H2,1H3. The van der Waals surface area contributed by atoms with E-state index in [0.29, 0.717) is 150 Å². The van der Waals surface area contributed by atoms with Crippen LogP contribution < -0.4 is 91.0 Å². The van der Waals surface area contributed by atoms with E-state index >= 15 is 4.39 Å².